The summed E-state index contributed by atoms with van der Waals surface area (Å²) in [5.41, 5.74) is 1.35. The molecule has 6 nitrogen and oxygen atoms in total. The Morgan fingerprint density at radius 2 is 1.32 bits per heavy atom. The van der Waals surface area contributed by atoms with Crippen molar-refractivity contribution in [2.75, 3.05) is 14.2 Å². The van der Waals surface area contributed by atoms with Crippen LogP contribution in [0.4, 0.5) is 0 Å². The molecule has 0 unspecified atom stereocenters. The van der Waals surface area contributed by atoms with E-state index in [1.54, 1.807) is 36.4 Å². The molecular formula is C25H28O6. The molecule has 6 heteroatoms. The number of ketones is 2. The molecule has 2 aromatic rings. The highest BCUT2D eigenvalue weighted by atomic mass is 16.5. The zero-order valence-electron chi connectivity index (χ0n) is 18.0. The van der Waals surface area contributed by atoms with E-state index in [1.165, 1.54) is 38.5 Å². The maximum absolute atomic E-state index is 12.8. The van der Waals surface area contributed by atoms with Crippen LogP contribution in [0.1, 0.15) is 37.3 Å². The van der Waals surface area contributed by atoms with Gasteiger partial charge in [-0.15, -0.1) is 0 Å². The molecule has 0 heterocycles. The van der Waals surface area contributed by atoms with Gasteiger partial charge in [-0.1, -0.05) is 44.1 Å². The van der Waals surface area contributed by atoms with Crippen LogP contribution in [0.5, 0.6) is 23.0 Å². The fourth-order valence-electron chi connectivity index (χ4n) is 3.02. The zero-order valence-corrected chi connectivity index (χ0v) is 18.0. The lowest BCUT2D eigenvalue weighted by Crippen LogP contribution is -2.21. The fraction of sp³-hybridized carbons (Fsp3) is 0.280. The second-order valence-electron chi connectivity index (χ2n) is 7.03. The van der Waals surface area contributed by atoms with E-state index in [1.807, 2.05) is 6.92 Å². The molecular weight excluding hydrogens is 396 g/mol. The molecule has 0 aliphatic carbocycles. The third-order valence-electron chi connectivity index (χ3n) is 4.82. The summed E-state index contributed by atoms with van der Waals surface area (Å²) in [5, 5.41) is 19.4. The van der Waals surface area contributed by atoms with E-state index in [4.69, 9.17) is 9.47 Å². The number of methoxy groups -OCH3 is 2. The molecule has 0 amide bonds. The molecule has 0 radical (unpaired) electrons. The Labute approximate surface area is 182 Å². The molecule has 31 heavy (non-hydrogen) atoms. The molecule has 0 bridgehead atoms. The van der Waals surface area contributed by atoms with Crippen molar-refractivity contribution >= 4 is 23.7 Å². The van der Waals surface area contributed by atoms with Crippen molar-refractivity contribution in [2.24, 2.45) is 5.92 Å². The normalized spacial score (nSPS) is 11.4. The maximum Gasteiger partial charge on any atom is 0.166 e. The van der Waals surface area contributed by atoms with Crippen LogP contribution in [0.2, 0.25) is 0 Å². The quantitative estimate of drug-likeness (QED) is 0.398. The zero-order chi connectivity index (χ0) is 22.8. The first-order valence-electron chi connectivity index (χ1n) is 10.1. The van der Waals surface area contributed by atoms with Gasteiger partial charge >= 0.3 is 0 Å². The van der Waals surface area contributed by atoms with Crippen LogP contribution in [-0.2, 0) is 9.59 Å². The molecule has 2 N–H and O–H groups in total. The number of carbonyl (C=O) groups excluding carboxylic acids is 2. The Balaban J connectivity index is 2.17. The van der Waals surface area contributed by atoms with Crippen molar-refractivity contribution in [1.82, 2.24) is 0 Å². The second kappa shape index (κ2) is 11.6. The Morgan fingerprint density at radius 1 is 0.871 bits per heavy atom. The minimum atomic E-state index is -0.773. The van der Waals surface area contributed by atoms with Crippen LogP contribution in [0.3, 0.4) is 0 Å². The van der Waals surface area contributed by atoms with Crippen LogP contribution < -0.4 is 9.47 Å². The summed E-state index contributed by atoms with van der Waals surface area (Å²) in [5.74, 6) is -0.695. The number of rotatable bonds is 11. The van der Waals surface area contributed by atoms with Gasteiger partial charge in [0, 0.05) is 0 Å². The SMILES string of the molecule is CCCCC(C(=O)/C=C/c1ccc(O)c(OC)c1)C(=O)/C=C/c1ccc(O)c(OC)c1. The summed E-state index contributed by atoms with van der Waals surface area (Å²) in [7, 11) is 2.90. The number of phenols is 2. The second-order valence-corrected chi connectivity index (χ2v) is 7.03. The number of unbranched alkanes of at least 4 members (excludes halogenated alkanes) is 1. The van der Waals surface area contributed by atoms with E-state index in [0.717, 1.165) is 12.8 Å². The highest BCUT2D eigenvalue weighted by Gasteiger charge is 2.22. The van der Waals surface area contributed by atoms with Crippen LogP contribution in [0.15, 0.2) is 48.6 Å². The van der Waals surface area contributed by atoms with Crippen molar-refractivity contribution in [3.63, 3.8) is 0 Å². The molecule has 0 aliphatic heterocycles. The smallest absolute Gasteiger partial charge is 0.166 e. The van der Waals surface area contributed by atoms with Crippen LogP contribution in [0, 0.1) is 5.92 Å². The highest BCUT2D eigenvalue weighted by Crippen LogP contribution is 2.28. The van der Waals surface area contributed by atoms with Gasteiger partial charge in [-0.2, -0.15) is 0 Å². The first kappa shape index (κ1) is 23.7. The van der Waals surface area contributed by atoms with Gasteiger partial charge in [-0.25, -0.2) is 0 Å². The molecule has 0 saturated heterocycles. The lowest BCUT2D eigenvalue weighted by Gasteiger charge is -2.10. The molecule has 0 saturated carbocycles. The largest absolute Gasteiger partial charge is 0.504 e. The summed E-state index contributed by atoms with van der Waals surface area (Å²) >= 11 is 0. The van der Waals surface area contributed by atoms with E-state index < -0.39 is 5.92 Å². The van der Waals surface area contributed by atoms with Crippen molar-refractivity contribution in [1.29, 1.82) is 0 Å². The van der Waals surface area contributed by atoms with Crippen molar-refractivity contribution in [3.05, 3.63) is 59.7 Å². The van der Waals surface area contributed by atoms with E-state index in [-0.39, 0.29) is 23.1 Å². The number of ether oxygens (including phenoxy) is 2. The van der Waals surface area contributed by atoms with Crippen LogP contribution in [0.25, 0.3) is 12.2 Å². The standard InChI is InChI=1S/C25H28O6/c1-4-5-6-19(20(26)11-7-17-9-13-22(28)24(15-17)30-2)21(27)12-8-18-10-14-23(29)25(16-18)31-3/h7-16,19,28-29H,4-6H2,1-3H3/b11-7+,12-8+. The number of allylic oxidation sites excluding steroid dienone is 2. The molecule has 0 fully saturated rings. The van der Waals surface area contributed by atoms with Crippen LogP contribution in [-0.4, -0.2) is 36.0 Å². The number of hydrogen-bond donors (Lipinski definition) is 2. The van der Waals surface area contributed by atoms with E-state index in [2.05, 4.69) is 0 Å². The number of benzene rings is 2. The minimum Gasteiger partial charge on any atom is -0.504 e. The Kier molecular flexibility index (Phi) is 8.88. The van der Waals surface area contributed by atoms with Gasteiger partial charge < -0.3 is 19.7 Å². The summed E-state index contributed by atoms with van der Waals surface area (Å²) in [6.45, 7) is 2.00. The topological polar surface area (TPSA) is 93.1 Å². The maximum atomic E-state index is 12.8. The Hall–Kier alpha value is -3.54. The molecule has 0 aromatic heterocycles. The summed E-state index contributed by atoms with van der Waals surface area (Å²) in [6, 6.07) is 9.50. The average Bonchev–Trinajstić information content (AvgIpc) is 2.78. The predicted molar refractivity (Wildman–Crippen MR) is 120 cm³/mol. The predicted octanol–water partition coefficient (Wildman–Crippen LogP) is 4.79. The van der Waals surface area contributed by atoms with E-state index >= 15 is 0 Å². The fourth-order valence-corrected chi connectivity index (χ4v) is 3.02. The average molecular weight is 424 g/mol. The van der Waals surface area contributed by atoms with Crippen molar-refractivity contribution in [3.8, 4) is 23.0 Å². The third-order valence-corrected chi connectivity index (χ3v) is 4.82. The molecule has 2 aromatic carbocycles. The molecule has 0 aliphatic rings. The summed E-state index contributed by atoms with van der Waals surface area (Å²) in [4.78, 5) is 25.5. The first-order chi connectivity index (χ1) is 14.9. The molecule has 0 atom stereocenters. The summed E-state index contributed by atoms with van der Waals surface area (Å²) in [6.07, 6.45) is 8.07. The number of carbonyl (C=O) groups is 2. The number of aromatic hydroxyl groups is 2. The van der Waals surface area contributed by atoms with E-state index in [9.17, 15) is 19.8 Å². The number of hydrogen-bond acceptors (Lipinski definition) is 6. The Morgan fingerprint density at radius 3 is 1.71 bits per heavy atom. The van der Waals surface area contributed by atoms with Crippen LogP contribution >= 0.6 is 0 Å². The summed E-state index contributed by atoms with van der Waals surface area (Å²) < 4.78 is 10.1. The van der Waals surface area contributed by atoms with Crippen molar-refractivity contribution < 1.29 is 29.3 Å². The molecule has 0 spiro atoms. The first-order valence-corrected chi connectivity index (χ1v) is 10.1. The van der Waals surface area contributed by atoms with Crippen molar-refractivity contribution in [2.45, 2.75) is 26.2 Å². The highest BCUT2D eigenvalue weighted by molar-refractivity contribution is 6.13. The third kappa shape index (κ3) is 6.74. The monoisotopic (exact) mass is 424 g/mol. The number of phenolic OH excluding ortho intramolecular Hbond substituents is 2. The van der Waals surface area contributed by atoms with Gasteiger partial charge in [0.1, 0.15) is 0 Å². The van der Waals surface area contributed by atoms with E-state index in [0.29, 0.717) is 29.0 Å². The molecule has 164 valence electrons. The van der Waals surface area contributed by atoms with Gasteiger partial charge in [-0.05, 0) is 54.0 Å². The lowest BCUT2D eigenvalue weighted by atomic mass is 9.91. The van der Waals surface area contributed by atoms with Gasteiger partial charge in [0.25, 0.3) is 0 Å². The van der Waals surface area contributed by atoms with Gasteiger partial charge in [0.15, 0.2) is 34.6 Å². The minimum absolute atomic E-state index is 0.0120. The molecule has 2 rings (SSSR count). The van der Waals surface area contributed by atoms with Gasteiger partial charge in [0.05, 0.1) is 20.1 Å². The lowest BCUT2D eigenvalue weighted by molar-refractivity contribution is -0.127. The Bertz CT molecular complexity index is 898. The van der Waals surface area contributed by atoms with Gasteiger partial charge in [0.2, 0.25) is 0 Å². The van der Waals surface area contributed by atoms with Gasteiger partial charge in [-0.3, -0.25) is 9.59 Å².